The van der Waals surface area contributed by atoms with E-state index in [1.165, 1.54) is 0 Å². The Kier molecular flexibility index (Phi) is 4.59. The van der Waals surface area contributed by atoms with Gasteiger partial charge in [0.15, 0.2) is 0 Å². The zero-order valence-corrected chi connectivity index (χ0v) is 10.9. The third kappa shape index (κ3) is 3.47. The molecule has 0 saturated carbocycles. The SMILES string of the molecule is CCN1CCN(C(=O)CNc2ccccc2)CC1. The van der Waals surface area contributed by atoms with E-state index in [0.717, 1.165) is 38.4 Å². The number of rotatable bonds is 4. The number of hydrogen-bond donors (Lipinski definition) is 1. The number of benzene rings is 1. The van der Waals surface area contributed by atoms with E-state index in [2.05, 4.69) is 17.1 Å². The van der Waals surface area contributed by atoms with Crippen molar-refractivity contribution in [1.82, 2.24) is 9.80 Å². The highest BCUT2D eigenvalue weighted by atomic mass is 16.2. The Morgan fingerprint density at radius 3 is 2.44 bits per heavy atom. The lowest BCUT2D eigenvalue weighted by molar-refractivity contribution is -0.131. The van der Waals surface area contributed by atoms with Crippen LogP contribution in [-0.2, 0) is 4.79 Å². The quantitative estimate of drug-likeness (QED) is 0.870. The number of carbonyl (C=O) groups is 1. The lowest BCUT2D eigenvalue weighted by atomic mass is 10.3. The van der Waals surface area contributed by atoms with E-state index in [1.54, 1.807) is 0 Å². The van der Waals surface area contributed by atoms with E-state index in [1.807, 2.05) is 35.2 Å². The van der Waals surface area contributed by atoms with Gasteiger partial charge in [0, 0.05) is 31.9 Å². The fourth-order valence-corrected chi connectivity index (χ4v) is 2.16. The number of nitrogens with one attached hydrogen (secondary N) is 1. The minimum Gasteiger partial charge on any atom is -0.376 e. The third-order valence-corrected chi connectivity index (χ3v) is 3.39. The summed E-state index contributed by atoms with van der Waals surface area (Å²) in [6.07, 6.45) is 0. The highest BCUT2D eigenvalue weighted by Gasteiger charge is 2.19. The van der Waals surface area contributed by atoms with Crippen LogP contribution in [0.1, 0.15) is 6.92 Å². The van der Waals surface area contributed by atoms with E-state index in [0.29, 0.717) is 6.54 Å². The van der Waals surface area contributed by atoms with Crippen LogP contribution in [0.5, 0.6) is 0 Å². The molecule has 0 radical (unpaired) electrons. The smallest absolute Gasteiger partial charge is 0.241 e. The van der Waals surface area contributed by atoms with Crippen molar-refractivity contribution >= 4 is 11.6 Å². The maximum absolute atomic E-state index is 12.0. The largest absolute Gasteiger partial charge is 0.376 e. The molecule has 1 aliphatic heterocycles. The number of likely N-dealkylation sites (N-methyl/N-ethyl adjacent to an activating group) is 1. The fraction of sp³-hybridized carbons (Fsp3) is 0.500. The molecule has 1 aromatic carbocycles. The van der Waals surface area contributed by atoms with Gasteiger partial charge in [-0.3, -0.25) is 4.79 Å². The second-order valence-electron chi connectivity index (χ2n) is 4.53. The van der Waals surface area contributed by atoms with E-state index >= 15 is 0 Å². The molecule has 2 rings (SSSR count). The zero-order chi connectivity index (χ0) is 12.8. The van der Waals surface area contributed by atoms with Crippen molar-refractivity contribution in [3.8, 4) is 0 Å². The summed E-state index contributed by atoms with van der Waals surface area (Å²) in [5.74, 6) is 0.189. The molecule has 0 bridgehead atoms. The number of carbonyl (C=O) groups excluding carboxylic acids is 1. The van der Waals surface area contributed by atoms with Crippen molar-refractivity contribution in [2.24, 2.45) is 0 Å². The molecule has 1 aromatic rings. The number of anilines is 1. The molecule has 0 spiro atoms. The molecular formula is C14H21N3O. The van der Waals surface area contributed by atoms with Gasteiger partial charge in [-0.25, -0.2) is 0 Å². The van der Waals surface area contributed by atoms with Crippen molar-refractivity contribution < 1.29 is 4.79 Å². The average Bonchev–Trinajstić information content (AvgIpc) is 2.46. The van der Waals surface area contributed by atoms with E-state index < -0.39 is 0 Å². The second-order valence-corrected chi connectivity index (χ2v) is 4.53. The van der Waals surface area contributed by atoms with Gasteiger partial charge < -0.3 is 15.1 Å². The van der Waals surface area contributed by atoms with Crippen LogP contribution >= 0.6 is 0 Å². The van der Waals surface area contributed by atoms with Crippen molar-refractivity contribution in [3.05, 3.63) is 30.3 Å². The standard InChI is InChI=1S/C14H21N3O/c1-2-16-8-10-17(11-9-16)14(18)12-15-13-6-4-3-5-7-13/h3-7,15H,2,8-12H2,1H3. The van der Waals surface area contributed by atoms with Crippen LogP contribution in [0, 0.1) is 0 Å². The Labute approximate surface area is 109 Å². The molecule has 1 N–H and O–H groups in total. The summed E-state index contributed by atoms with van der Waals surface area (Å²) in [5.41, 5.74) is 0.998. The minimum absolute atomic E-state index is 0.189. The van der Waals surface area contributed by atoms with Crippen molar-refractivity contribution in [2.45, 2.75) is 6.92 Å². The van der Waals surface area contributed by atoms with Crippen LogP contribution < -0.4 is 5.32 Å². The number of hydrogen-bond acceptors (Lipinski definition) is 3. The molecule has 1 heterocycles. The molecule has 1 amide bonds. The van der Waals surface area contributed by atoms with E-state index in [4.69, 9.17) is 0 Å². The van der Waals surface area contributed by atoms with Crippen LogP contribution in [0.25, 0.3) is 0 Å². The molecule has 1 aliphatic rings. The maximum Gasteiger partial charge on any atom is 0.241 e. The van der Waals surface area contributed by atoms with Crippen molar-refractivity contribution in [1.29, 1.82) is 0 Å². The first-order valence-corrected chi connectivity index (χ1v) is 6.58. The third-order valence-electron chi connectivity index (χ3n) is 3.39. The molecule has 1 saturated heterocycles. The van der Waals surface area contributed by atoms with Gasteiger partial charge in [-0.1, -0.05) is 25.1 Å². The fourth-order valence-electron chi connectivity index (χ4n) is 2.16. The molecule has 4 heteroatoms. The first kappa shape index (κ1) is 12.9. The van der Waals surface area contributed by atoms with Gasteiger partial charge in [0.1, 0.15) is 0 Å². The first-order valence-electron chi connectivity index (χ1n) is 6.58. The Hall–Kier alpha value is -1.55. The van der Waals surface area contributed by atoms with Gasteiger partial charge in [-0.15, -0.1) is 0 Å². The Morgan fingerprint density at radius 2 is 1.83 bits per heavy atom. The number of nitrogens with zero attached hydrogens (tertiary/aromatic N) is 2. The van der Waals surface area contributed by atoms with Crippen LogP contribution in [0.2, 0.25) is 0 Å². The highest BCUT2D eigenvalue weighted by Crippen LogP contribution is 2.06. The summed E-state index contributed by atoms with van der Waals surface area (Å²) in [6, 6.07) is 9.85. The van der Waals surface area contributed by atoms with E-state index in [-0.39, 0.29) is 5.91 Å². The number of para-hydroxylation sites is 1. The van der Waals surface area contributed by atoms with Crippen molar-refractivity contribution in [2.75, 3.05) is 44.6 Å². The molecule has 1 fully saturated rings. The lowest BCUT2D eigenvalue weighted by Crippen LogP contribution is -2.49. The van der Waals surface area contributed by atoms with Gasteiger partial charge in [0.25, 0.3) is 0 Å². The molecule has 0 aromatic heterocycles. The van der Waals surface area contributed by atoms with E-state index in [9.17, 15) is 4.79 Å². The predicted molar refractivity (Wildman–Crippen MR) is 73.6 cm³/mol. The van der Waals surface area contributed by atoms with Crippen LogP contribution in [0.3, 0.4) is 0 Å². The highest BCUT2D eigenvalue weighted by molar-refractivity contribution is 5.80. The minimum atomic E-state index is 0.189. The maximum atomic E-state index is 12.0. The summed E-state index contributed by atoms with van der Waals surface area (Å²) >= 11 is 0. The topological polar surface area (TPSA) is 35.6 Å². The zero-order valence-electron chi connectivity index (χ0n) is 10.9. The van der Waals surface area contributed by atoms with Gasteiger partial charge in [0.2, 0.25) is 5.91 Å². The summed E-state index contributed by atoms with van der Waals surface area (Å²) < 4.78 is 0. The van der Waals surface area contributed by atoms with Crippen LogP contribution in [0.15, 0.2) is 30.3 Å². The van der Waals surface area contributed by atoms with Crippen LogP contribution in [0.4, 0.5) is 5.69 Å². The molecular weight excluding hydrogens is 226 g/mol. The summed E-state index contributed by atoms with van der Waals surface area (Å²) in [4.78, 5) is 16.3. The van der Waals surface area contributed by atoms with Gasteiger partial charge >= 0.3 is 0 Å². The van der Waals surface area contributed by atoms with Crippen LogP contribution in [-0.4, -0.2) is 55.0 Å². The monoisotopic (exact) mass is 247 g/mol. The summed E-state index contributed by atoms with van der Waals surface area (Å²) in [6.45, 7) is 7.31. The molecule has 0 unspecified atom stereocenters. The summed E-state index contributed by atoms with van der Waals surface area (Å²) in [7, 11) is 0. The number of amides is 1. The van der Waals surface area contributed by atoms with Gasteiger partial charge in [-0.2, -0.15) is 0 Å². The first-order chi connectivity index (χ1) is 8.79. The van der Waals surface area contributed by atoms with Crippen molar-refractivity contribution in [3.63, 3.8) is 0 Å². The second kappa shape index (κ2) is 6.40. The summed E-state index contributed by atoms with van der Waals surface area (Å²) in [5, 5.41) is 3.16. The van der Waals surface area contributed by atoms with Gasteiger partial charge in [0.05, 0.1) is 6.54 Å². The van der Waals surface area contributed by atoms with Gasteiger partial charge in [-0.05, 0) is 18.7 Å². The normalized spacial score (nSPS) is 16.6. The lowest BCUT2D eigenvalue weighted by Gasteiger charge is -2.34. The molecule has 0 atom stereocenters. The molecule has 18 heavy (non-hydrogen) atoms. The molecule has 0 aliphatic carbocycles. The average molecular weight is 247 g/mol. The Morgan fingerprint density at radius 1 is 1.17 bits per heavy atom. The Balaban J connectivity index is 1.75. The Bertz CT molecular complexity index is 372. The molecule has 98 valence electrons. The predicted octanol–water partition coefficient (Wildman–Crippen LogP) is 1.26. The molecule has 4 nitrogen and oxygen atoms in total. The number of piperazine rings is 1.